The van der Waals surface area contributed by atoms with Crippen LogP contribution in [0.3, 0.4) is 0 Å². The fourth-order valence-corrected chi connectivity index (χ4v) is 6.98. The van der Waals surface area contributed by atoms with Crippen molar-refractivity contribution in [2.75, 3.05) is 19.0 Å². The van der Waals surface area contributed by atoms with Crippen LogP contribution in [0.4, 0.5) is 0 Å². The van der Waals surface area contributed by atoms with Gasteiger partial charge in [0, 0.05) is 12.8 Å². The van der Waals surface area contributed by atoms with Gasteiger partial charge >= 0.3 is 11.9 Å². The molecule has 0 aromatic heterocycles. The van der Waals surface area contributed by atoms with E-state index < -0.39 is 71.2 Å². The van der Waals surface area contributed by atoms with Gasteiger partial charge in [0.1, 0.15) is 36.8 Å². The van der Waals surface area contributed by atoms with Crippen molar-refractivity contribution >= 4 is 22.1 Å². The summed E-state index contributed by atoms with van der Waals surface area (Å²) in [4.78, 5) is 25.4. The summed E-state index contributed by atoms with van der Waals surface area (Å²) < 4.78 is 54.0. The number of rotatable bonds is 36. The minimum Gasteiger partial charge on any atom is -0.462 e. The van der Waals surface area contributed by atoms with E-state index in [2.05, 4.69) is 80.3 Å². The highest BCUT2D eigenvalue weighted by molar-refractivity contribution is 7.85. The van der Waals surface area contributed by atoms with Crippen molar-refractivity contribution in [2.24, 2.45) is 0 Å². The minimum absolute atomic E-state index is 0.134. The first-order chi connectivity index (χ1) is 29.0. The Bertz CT molecular complexity index is 1400. The van der Waals surface area contributed by atoms with Crippen LogP contribution in [0, 0.1) is 0 Å². The van der Waals surface area contributed by atoms with Crippen LogP contribution in [-0.2, 0) is 38.7 Å². The number of hydrogen-bond acceptors (Lipinski definition) is 11. The predicted molar refractivity (Wildman–Crippen MR) is 237 cm³/mol. The summed E-state index contributed by atoms with van der Waals surface area (Å²) >= 11 is 0. The van der Waals surface area contributed by atoms with Crippen LogP contribution in [0.5, 0.6) is 0 Å². The predicted octanol–water partition coefficient (Wildman–Crippen LogP) is 9.10. The van der Waals surface area contributed by atoms with Gasteiger partial charge in [-0.15, -0.1) is 5.73 Å². The monoisotopic (exact) mass is 867 g/mol. The summed E-state index contributed by atoms with van der Waals surface area (Å²) in [7, 11) is -4.61. The summed E-state index contributed by atoms with van der Waals surface area (Å²) in [5.74, 6) is -2.06. The van der Waals surface area contributed by atoms with E-state index in [1.54, 1.807) is 0 Å². The number of carbonyl (C=O) groups excluding carboxylic acids is 2. The first kappa shape index (κ1) is 55.1. The van der Waals surface area contributed by atoms with E-state index in [1.165, 1.54) is 38.5 Å². The molecule has 1 saturated heterocycles. The maximum atomic E-state index is 12.8. The molecule has 0 aliphatic carbocycles. The maximum absolute atomic E-state index is 12.8. The molecule has 1 heterocycles. The van der Waals surface area contributed by atoms with E-state index in [0.717, 1.165) is 83.5 Å². The molecule has 344 valence electrons. The molecule has 0 saturated carbocycles. The number of aliphatic hydroxyl groups is 3. The van der Waals surface area contributed by atoms with Crippen LogP contribution in [0.15, 0.2) is 66.5 Å². The number of ether oxygens (including phenoxy) is 4. The molecule has 60 heavy (non-hydrogen) atoms. The first-order valence-electron chi connectivity index (χ1n) is 22.6. The minimum atomic E-state index is -4.61. The van der Waals surface area contributed by atoms with E-state index in [0.29, 0.717) is 12.8 Å². The lowest BCUT2D eigenvalue weighted by Crippen LogP contribution is -2.60. The van der Waals surface area contributed by atoms with Gasteiger partial charge < -0.3 is 34.3 Å². The lowest BCUT2D eigenvalue weighted by molar-refractivity contribution is -0.297. The molecule has 6 atom stereocenters. The van der Waals surface area contributed by atoms with Gasteiger partial charge in [-0.25, -0.2) is 0 Å². The number of esters is 2. The number of allylic oxidation sites excluding steroid dienone is 9. The highest BCUT2D eigenvalue weighted by Crippen LogP contribution is 2.24. The van der Waals surface area contributed by atoms with Gasteiger partial charge in [-0.3, -0.25) is 14.1 Å². The Labute approximate surface area is 361 Å². The number of hydrogen-bond donors (Lipinski definition) is 4. The zero-order chi connectivity index (χ0) is 44.1. The summed E-state index contributed by atoms with van der Waals surface area (Å²) in [6.07, 6.45) is 33.3. The summed E-state index contributed by atoms with van der Waals surface area (Å²) in [6.45, 7) is 3.62. The van der Waals surface area contributed by atoms with Gasteiger partial charge in [0.2, 0.25) is 0 Å². The average Bonchev–Trinajstić information content (AvgIpc) is 3.21. The molecule has 0 amide bonds. The molecular weight excluding hydrogens is 789 g/mol. The van der Waals surface area contributed by atoms with E-state index in [1.807, 2.05) is 0 Å². The number of aliphatic hydroxyl groups excluding tert-OH is 3. The van der Waals surface area contributed by atoms with Crippen molar-refractivity contribution in [3.63, 3.8) is 0 Å². The highest BCUT2D eigenvalue weighted by atomic mass is 32.2. The van der Waals surface area contributed by atoms with Gasteiger partial charge in [-0.1, -0.05) is 120 Å². The molecular formula is C47H78O12S. The summed E-state index contributed by atoms with van der Waals surface area (Å²) in [5.41, 5.74) is 3.27. The molecule has 4 N–H and O–H groups in total. The van der Waals surface area contributed by atoms with Gasteiger partial charge in [0.25, 0.3) is 10.1 Å². The zero-order valence-corrected chi connectivity index (χ0v) is 37.4. The van der Waals surface area contributed by atoms with Crippen molar-refractivity contribution in [1.82, 2.24) is 0 Å². The van der Waals surface area contributed by atoms with Crippen molar-refractivity contribution in [3.8, 4) is 0 Å². The van der Waals surface area contributed by atoms with Crippen molar-refractivity contribution < 1.29 is 56.8 Å². The first-order valence-corrected chi connectivity index (χ1v) is 24.2. The quantitative estimate of drug-likeness (QED) is 0.0154. The summed E-state index contributed by atoms with van der Waals surface area (Å²) in [5, 5.41) is 30.9. The molecule has 12 nitrogen and oxygen atoms in total. The number of unbranched alkanes of at least 4 members (excludes halogenated alkanes) is 14. The lowest BCUT2D eigenvalue weighted by Gasteiger charge is -2.40. The second-order valence-electron chi connectivity index (χ2n) is 15.5. The van der Waals surface area contributed by atoms with Crippen LogP contribution in [0.2, 0.25) is 0 Å². The molecule has 0 bridgehead atoms. The smallest absolute Gasteiger partial charge is 0.306 e. The fourth-order valence-electron chi connectivity index (χ4n) is 6.29. The molecule has 1 fully saturated rings. The van der Waals surface area contributed by atoms with Crippen LogP contribution in [0.25, 0.3) is 0 Å². The van der Waals surface area contributed by atoms with Crippen molar-refractivity contribution in [1.29, 1.82) is 0 Å². The van der Waals surface area contributed by atoms with Gasteiger partial charge in [-0.2, -0.15) is 8.42 Å². The lowest BCUT2D eigenvalue weighted by atomic mass is 10.00. The topological polar surface area (TPSA) is 186 Å². The molecule has 0 spiro atoms. The fraction of sp³-hybridized carbons (Fsp3) is 0.723. The standard InChI is InChI=1S/C47H78O12S/c1-3-5-7-9-11-13-15-17-19-20-22-23-25-27-29-31-33-35-42(48)56-37-40(38-57-47-46(52)45(51)44(50)41(59-47)39-60(53,54)55)58-43(49)36-34-32-30-28-26-24-21-18-16-14-12-10-8-6-4-2/h7,9,13,15-16,19-21,23,25,40-41,44-47,50-52H,3-6,8,10-12,14,17,22,24,26-39H2,1-2H3,(H,53,54,55)/b9-7+,15-13+,20-19+,25-23+/t18?,40-,41-,44-,45?,46?,47+/m1/s1. The third-order valence-electron chi connectivity index (χ3n) is 9.83. The third kappa shape index (κ3) is 31.0. The number of carbonyl (C=O) groups is 2. The van der Waals surface area contributed by atoms with Crippen LogP contribution in [-0.4, -0.2) is 96.0 Å². The second-order valence-corrected chi connectivity index (χ2v) is 17.0. The molecule has 1 rings (SSSR count). The van der Waals surface area contributed by atoms with E-state index in [9.17, 15) is 37.9 Å². The Morgan fingerprint density at radius 1 is 0.617 bits per heavy atom. The second kappa shape index (κ2) is 36.8. The molecule has 0 aromatic rings. The van der Waals surface area contributed by atoms with Crippen LogP contribution < -0.4 is 0 Å². The van der Waals surface area contributed by atoms with Crippen molar-refractivity contribution in [3.05, 3.63) is 66.5 Å². The zero-order valence-electron chi connectivity index (χ0n) is 36.6. The largest absolute Gasteiger partial charge is 0.462 e. The third-order valence-corrected chi connectivity index (χ3v) is 10.6. The molecule has 2 unspecified atom stereocenters. The highest BCUT2D eigenvalue weighted by Gasteiger charge is 2.46. The Morgan fingerprint density at radius 2 is 1.13 bits per heavy atom. The molecule has 1 aliphatic rings. The molecule has 0 radical (unpaired) electrons. The maximum Gasteiger partial charge on any atom is 0.306 e. The average molecular weight is 867 g/mol. The SMILES string of the molecule is CCC/C=C/C/C=C/C/C=C/C/C=C/CCCCCC(=O)OC[C@H](CO[C@H]1O[C@H](CS(=O)(=O)O)[C@@H](O)C(O)C1O)OC(=O)CCCCCCCC=C=CCCCCCCC. The van der Waals surface area contributed by atoms with Crippen molar-refractivity contribution in [2.45, 2.75) is 198 Å². The van der Waals surface area contributed by atoms with Crippen LogP contribution in [0.1, 0.15) is 162 Å². The van der Waals surface area contributed by atoms with Gasteiger partial charge in [0.15, 0.2) is 12.4 Å². The molecule has 13 heteroatoms. The Kier molecular flexibility index (Phi) is 33.8. The molecule has 0 aromatic carbocycles. The van der Waals surface area contributed by atoms with E-state index in [-0.39, 0.29) is 19.4 Å². The Hall–Kier alpha value is -2.87. The van der Waals surface area contributed by atoms with Crippen LogP contribution >= 0.6 is 0 Å². The van der Waals surface area contributed by atoms with Gasteiger partial charge in [0.05, 0.1) is 6.61 Å². The Morgan fingerprint density at radius 3 is 1.73 bits per heavy atom. The summed E-state index contributed by atoms with van der Waals surface area (Å²) in [6, 6.07) is 0. The van der Waals surface area contributed by atoms with Gasteiger partial charge in [-0.05, 0) is 89.2 Å². The Balaban J connectivity index is 2.50. The molecule has 1 aliphatic heterocycles. The van der Waals surface area contributed by atoms with E-state index in [4.69, 9.17) is 18.9 Å². The normalized spacial score (nSPS) is 20.3. The van der Waals surface area contributed by atoms with E-state index >= 15 is 0 Å².